The van der Waals surface area contributed by atoms with E-state index < -0.39 is 5.54 Å². The van der Waals surface area contributed by atoms with Crippen molar-refractivity contribution in [3.8, 4) is 0 Å². The lowest BCUT2D eigenvalue weighted by Crippen LogP contribution is -2.44. The molecule has 1 saturated carbocycles. The van der Waals surface area contributed by atoms with E-state index in [4.69, 9.17) is 0 Å². The Morgan fingerprint density at radius 2 is 1.89 bits per heavy atom. The molecule has 4 heteroatoms. The first kappa shape index (κ1) is 12.2. The van der Waals surface area contributed by atoms with Crippen molar-refractivity contribution in [2.75, 3.05) is 0 Å². The third kappa shape index (κ3) is 1.91. The van der Waals surface area contributed by atoms with E-state index in [2.05, 4.69) is 5.32 Å². The fraction of sp³-hybridized carbons (Fsp3) is 0.467. The van der Waals surface area contributed by atoms with Crippen LogP contribution in [0.1, 0.15) is 36.8 Å². The molecule has 2 aliphatic rings. The summed E-state index contributed by atoms with van der Waals surface area (Å²) in [5.41, 5.74) is 1.54. The molecule has 1 aromatic rings. The lowest BCUT2D eigenvalue weighted by Gasteiger charge is -2.20. The average molecular weight is 258 g/mol. The minimum atomic E-state index is -0.597. The Kier molecular flexibility index (Phi) is 2.81. The second-order valence-corrected chi connectivity index (χ2v) is 5.54. The first-order valence-electron chi connectivity index (χ1n) is 6.81. The summed E-state index contributed by atoms with van der Waals surface area (Å²) in [6.45, 7) is 2.37. The van der Waals surface area contributed by atoms with E-state index in [1.54, 1.807) is 0 Å². The first-order chi connectivity index (χ1) is 9.12. The SMILES string of the molecule is Cc1ccccc1CN1C(=O)NC2(CCCC2)C1=O. The number of imide groups is 1. The quantitative estimate of drug-likeness (QED) is 0.828. The Bertz CT molecular complexity index is 533. The third-order valence-electron chi connectivity index (χ3n) is 4.29. The van der Waals surface area contributed by atoms with Crippen LogP contribution in [0.2, 0.25) is 0 Å². The van der Waals surface area contributed by atoms with Crippen LogP contribution in [0.25, 0.3) is 0 Å². The number of aryl methyl sites for hydroxylation is 1. The second-order valence-electron chi connectivity index (χ2n) is 5.54. The summed E-state index contributed by atoms with van der Waals surface area (Å²) in [5, 5.41) is 2.91. The number of hydrogen-bond acceptors (Lipinski definition) is 2. The third-order valence-corrected chi connectivity index (χ3v) is 4.29. The van der Waals surface area contributed by atoms with Gasteiger partial charge in [0.05, 0.1) is 6.54 Å². The molecule has 1 aliphatic heterocycles. The maximum absolute atomic E-state index is 12.5. The summed E-state index contributed by atoms with van der Waals surface area (Å²) < 4.78 is 0. The number of amides is 3. The molecule has 1 aliphatic carbocycles. The van der Waals surface area contributed by atoms with E-state index in [1.807, 2.05) is 31.2 Å². The summed E-state index contributed by atoms with van der Waals surface area (Å²) in [6, 6.07) is 7.62. The molecule has 1 saturated heterocycles. The molecular weight excluding hydrogens is 240 g/mol. The van der Waals surface area contributed by atoms with Gasteiger partial charge >= 0.3 is 6.03 Å². The molecule has 1 N–H and O–H groups in total. The molecule has 0 atom stereocenters. The predicted octanol–water partition coefficient (Wildman–Crippen LogP) is 2.36. The van der Waals surface area contributed by atoms with Gasteiger partial charge in [-0.05, 0) is 30.9 Å². The largest absolute Gasteiger partial charge is 0.325 e. The lowest BCUT2D eigenvalue weighted by atomic mass is 9.98. The maximum Gasteiger partial charge on any atom is 0.325 e. The van der Waals surface area contributed by atoms with E-state index in [0.717, 1.165) is 36.8 Å². The molecule has 0 bridgehead atoms. The Hall–Kier alpha value is -1.84. The van der Waals surface area contributed by atoms with Crippen molar-refractivity contribution in [3.05, 3.63) is 35.4 Å². The number of urea groups is 1. The number of carbonyl (C=O) groups is 2. The molecule has 4 nitrogen and oxygen atoms in total. The van der Waals surface area contributed by atoms with Crippen LogP contribution in [0, 0.1) is 6.92 Å². The van der Waals surface area contributed by atoms with Crippen molar-refractivity contribution in [2.45, 2.75) is 44.7 Å². The van der Waals surface area contributed by atoms with Gasteiger partial charge in [0.15, 0.2) is 0 Å². The van der Waals surface area contributed by atoms with Crippen molar-refractivity contribution in [2.24, 2.45) is 0 Å². The number of nitrogens with one attached hydrogen (secondary N) is 1. The highest BCUT2D eigenvalue weighted by molar-refractivity contribution is 6.07. The molecule has 3 rings (SSSR count). The normalized spacial score (nSPS) is 21.2. The van der Waals surface area contributed by atoms with Gasteiger partial charge in [0.25, 0.3) is 5.91 Å². The summed E-state index contributed by atoms with van der Waals surface area (Å²) in [4.78, 5) is 25.9. The van der Waals surface area contributed by atoms with Crippen LogP contribution >= 0.6 is 0 Å². The van der Waals surface area contributed by atoms with Gasteiger partial charge in [0.1, 0.15) is 5.54 Å². The molecule has 0 unspecified atom stereocenters. The van der Waals surface area contributed by atoms with Crippen LogP contribution in [-0.2, 0) is 11.3 Å². The van der Waals surface area contributed by atoms with Gasteiger partial charge in [0.2, 0.25) is 0 Å². The van der Waals surface area contributed by atoms with Crippen molar-refractivity contribution in [1.82, 2.24) is 10.2 Å². The molecule has 0 radical (unpaired) electrons. The predicted molar refractivity (Wildman–Crippen MR) is 71.5 cm³/mol. The zero-order chi connectivity index (χ0) is 13.5. The average Bonchev–Trinajstić information content (AvgIpc) is 2.94. The van der Waals surface area contributed by atoms with E-state index in [9.17, 15) is 9.59 Å². The standard InChI is InChI=1S/C15H18N2O2/c1-11-6-2-3-7-12(11)10-17-13(18)15(16-14(17)19)8-4-5-9-15/h2-3,6-7H,4-5,8-10H2,1H3,(H,16,19). The number of carbonyl (C=O) groups excluding carboxylic acids is 2. The van der Waals surface area contributed by atoms with Crippen molar-refractivity contribution < 1.29 is 9.59 Å². The van der Waals surface area contributed by atoms with Gasteiger partial charge in [-0.1, -0.05) is 37.1 Å². The second kappa shape index (κ2) is 4.37. The molecule has 0 aromatic heterocycles. The van der Waals surface area contributed by atoms with Gasteiger partial charge in [-0.15, -0.1) is 0 Å². The monoisotopic (exact) mass is 258 g/mol. The zero-order valence-corrected chi connectivity index (χ0v) is 11.1. The van der Waals surface area contributed by atoms with Gasteiger partial charge in [-0.3, -0.25) is 9.69 Å². The Labute approximate surface area is 112 Å². The van der Waals surface area contributed by atoms with E-state index >= 15 is 0 Å². The topological polar surface area (TPSA) is 49.4 Å². The van der Waals surface area contributed by atoms with Crippen molar-refractivity contribution in [3.63, 3.8) is 0 Å². The zero-order valence-electron chi connectivity index (χ0n) is 11.1. The van der Waals surface area contributed by atoms with Gasteiger partial charge < -0.3 is 5.32 Å². The Balaban J connectivity index is 1.84. The molecule has 100 valence electrons. The van der Waals surface area contributed by atoms with Crippen molar-refractivity contribution >= 4 is 11.9 Å². The molecule has 2 fully saturated rings. The molecule has 1 heterocycles. The van der Waals surface area contributed by atoms with E-state index in [-0.39, 0.29) is 11.9 Å². The molecule has 1 spiro atoms. The fourth-order valence-electron chi connectivity index (χ4n) is 3.10. The minimum Gasteiger partial charge on any atom is -0.323 e. The van der Waals surface area contributed by atoms with Crippen LogP contribution in [-0.4, -0.2) is 22.4 Å². The highest BCUT2D eigenvalue weighted by atomic mass is 16.2. The Morgan fingerprint density at radius 1 is 1.21 bits per heavy atom. The summed E-state index contributed by atoms with van der Waals surface area (Å²) in [7, 11) is 0. The van der Waals surface area contributed by atoms with E-state index in [1.165, 1.54) is 4.90 Å². The molecule has 1 aromatic carbocycles. The number of hydrogen-bond donors (Lipinski definition) is 1. The smallest absolute Gasteiger partial charge is 0.323 e. The molecular formula is C15H18N2O2. The minimum absolute atomic E-state index is 0.0433. The van der Waals surface area contributed by atoms with Gasteiger partial charge in [-0.25, -0.2) is 4.79 Å². The lowest BCUT2D eigenvalue weighted by molar-refractivity contribution is -0.131. The van der Waals surface area contributed by atoms with Crippen molar-refractivity contribution in [1.29, 1.82) is 0 Å². The number of benzene rings is 1. The summed E-state index contributed by atoms with van der Waals surface area (Å²) in [6.07, 6.45) is 3.60. The van der Waals surface area contributed by atoms with Crippen LogP contribution in [0.4, 0.5) is 4.79 Å². The molecule has 19 heavy (non-hydrogen) atoms. The number of nitrogens with zero attached hydrogens (tertiary/aromatic N) is 1. The Morgan fingerprint density at radius 3 is 2.58 bits per heavy atom. The highest BCUT2D eigenvalue weighted by Gasteiger charge is 2.52. The van der Waals surface area contributed by atoms with Crippen LogP contribution < -0.4 is 5.32 Å². The van der Waals surface area contributed by atoms with E-state index in [0.29, 0.717) is 6.54 Å². The van der Waals surface area contributed by atoms with Crippen LogP contribution in [0.3, 0.4) is 0 Å². The highest BCUT2D eigenvalue weighted by Crippen LogP contribution is 2.35. The summed E-state index contributed by atoms with van der Waals surface area (Å²) in [5.74, 6) is -0.0433. The fourth-order valence-corrected chi connectivity index (χ4v) is 3.10. The number of rotatable bonds is 2. The first-order valence-corrected chi connectivity index (χ1v) is 6.81. The maximum atomic E-state index is 12.5. The summed E-state index contributed by atoms with van der Waals surface area (Å²) >= 11 is 0. The van der Waals surface area contributed by atoms with Gasteiger partial charge in [0, 0.05) is 0 Å². The van der Waals surface area contributed by atoms with Crippen LogP contribution in [0.5, 0.6) is 0 Å². The van der Waals surface area contributed by atoms with Crippen LogP contribution in [0.15, 0.2) is 24.3 Å². The van der Waals surface area contributed by atoms with Gasteiger partial charge in [-0.2, -0.15) is 0 Å². The molecule has 3 amide bonds.